The van der Waals surface area contributed by atoms with Crippen LogP contribution in [0.15, 0.2) is 53.5 Å². The maximum atomic E-state index is 12.3. The maximum Gasteiger partial charge on any atom is 0.251 e. The molecular weight excluding hydrogens is 507 g/mol. The quantitative estimate of drug-likeness (QED) is 0.256. The highest BCUT2D eigenvalue weighted by Gasteiger charge is 2.25. The second kappa shape index (κ2) is 12.5. The van der Waals surface area contributed by atoms with Gasteiger partial charge >= 0.3 is 0 Å². The number of aliphatic imine (C=N–C) groups is 1. The number of methoxy groups -OCH3 is 1. The minimum atomic E-state index is -0.128. The Labute approximate surface area is 201 Å². The van der Waals surface area contributed by atoms with Gasteiger partial charge in [0.25, 0.3) is 5.91 Å². The van der Waals surface area contributed by atoms with Crippen LogP contribution in [0.25, 0.3) is 0 Å². The molecule has 0 spiro atoms. The minimum absolute atomic E-state index is 0. The number of rotatable bonds is 6. The molecule has 1 saturated heterocycles. The summed E-state index contributed by atoms with van der Waals surface area (Å²) in [6.07, 6.45) is 0.0197. The van der Waals surface area contributed by atoms with Gasteiger partial charge in [-0.05, 0) is 36.2 Å². The SMILES string of the molecule is CN=C(NCCNC(=O)c1cccc(OC)c1)N1CCOC(c2ccccc2C)C1.I. The van der Waals surface area contributed by atoms with Crippen molar-refractivity contribution in [2.24, 2.45) is 4.99 Å². The van der Waals surface area contributed by atoms with Crippen LogP contribution in [0.2, 0.25) is 0 Å². The fourth-order valence-electron chi connectivity index (χ4n) is 3.53. The fourth-order valence-corrected chi connectivity index (χ4v) is 3.53. The van der Waals surface area contributed by atoms with Gasteiger partial charge < -0.3 is 25.0 Å². The first-order valence-corrected chi connectivity index (χ1v) is 10.2. The first kappa shape index (κ1) is 24.9. The molecule has 0 aliphatic carbocycles. The van der Waals surface area contributed by atoms with Crippen molar-refractivity contribution >= 4 is 35.8 Å². The summed E-state index contributed by atoms with van der Waals surface area (Å²) in [5.41, 5.74) is 3.02. The molecule has 2 aromatic carbocycles. The molecule has 0 saturated carbocycles. The Bertz CT molecular complexity index is 891. The lowest BCUT2D eigenvalue weighted by Gasteiger charge is -2.35. The molecule has 1 aliphatic heterocycles. The third-order valence-electron chi connectivity index (χ3n) is 5.14. The highest BCUT2D eigenvalue weighted by Crippen LogP contribution is 2.24. The predicted octanol–water partition coefficient (Wildman–Crippen LogP) is 3.00. The van der Waals surface area contributed by atoms with Crippen LogP contribution in [0.3, 0.4) is 0 Å². The van der Waals surface area contributed by atoms with Gasteiger partial charge in [-0.25, -0.2) is 0 Å². The van der Waals surface area contributed by atoms with Crippen LogP contribution < -0.4 is 15.4 Å². The molecule has 0 bridgehead atoms. The predicted molar refractivity (Wildman–Crippen MR) is 134 cm³/mol. The third kappa shape index (κ3) is 6.83. The normalized spacial score (nSPS) is 16.3. The van der Waals surface area contributed by atoms with Gasteiger partial charge in [-0.2, -0.15) is 0 Å². The van der Waals surface area contributed by atoms with Crippen LogP contribution in [0, 0.1) is 6.92 Å². The lowest BCUT2D eigenvalue weighted by Crippen LogP contribution is -2.49. The summed E-state index contributed by atoms with van der Waals surface area (Å²) in [7, 11) is 3.36. The summed E-state index contributed by atoms with van der Waals surface area (Å²) < 4.78 is 11.2. The van der Waals surface area contributed by atoms with Crippen molar-refractivity contribution in [2.75, 3.05) is 46.9 Å². The van der Waals surface area contributed by atoms with Gasteiger partial charge in [-0.3, -0.25) is 9.79 Å². The standard InChI is InChI=1S/C23H30N4O3.HI/c1-17-7-4-5-10-20(17)21-16-27(13-14-30-21)23(24-2)26-12-11-25-22(28)18-8-6-9-19(15-18)29-3;/h4-10,15,21H,11-14,16H2,1-3H3,(H,24,26)(H,25,28);1H. The number of hydrogen-bond donors (Lipinski definition) is 2. The van der Waals surface area contributed by atoms with Crippen molar-refractivity contribution in [3.63, 3.8) is 0 Å². The molecule has 168 valence electrons. The molecule has 3 rings (SSSR count). The zero-order valence-electron chi connectivity index (χ0n) is 18.3. The van der Waals surface area contributed by atoms with Crippen LogP contribution in [-0.4, -0.2) is 63.7 Å². The number of carbonyl (C=O) groups is 1. The van der Waals surface area contributed by atoms with Gasteiger partial charge in [0.15, 0.2) is 5.96 Å². The number of morpholine rings is 1. The van der Waals surface area contributed by atoms with Crippen molar-refractivity contribution in [1.82, 2.24) is 15.5 Å². The highest BCUT2D eigenvalue weighted by molar-refractivity contribution is 14.0. The van der Waals surface area contributed by atoms with Crippen LogP contribution in [0.1, 0.15) is 27.6 Å². The van der Waals surface area contributed by atoms with E-state index in [4.69, 9.17) is 9.47 Å². The number of amides is 1. The van der Waals surface area contributed by atoms with Gasteiger partial charge in [-0.1, -0.05) is 30.3 Å². The van der Waals surface area contributed by atoms with E-state index in [2.05, 4.69) is 39.6 Å². The second-order valence-electron chi connectivity index (χ2n) is 7.12. The molecule has 1 atom stereocenters. The molecule has 7 nitrogen and oxygen atoms in total. The smallest absolute Gasteiger partial charge is 0.251 e. The second-order valence-corrected chi connectivity index (χ2v) is 7.12. The zero-order valence-corrected chi connectivity index (χ0v) is 20.6. The zero-order chi connectivity index (χ0) is 21.3. The number of guanidine groups is 1. The summed E-state index contributed by atoms with van der Waals surface area (Å²) in [5, 5.41) is 6.26. The third-order valence-corrected chi connectivity index (χ3v) is 5.14. The number of halogens is 1. The maximum absolute atomic E-state index is 12.3. The van der Waals surface area contributed by atoms with Crippen molar-refractivity contribution in [3.05, 3.63) is 65.2 Å². The van der Waals surface area contributed by atoms with E-state index < -0.39 is 0 Å². The molecule has 2 aromatic rings. The molecule has 31 heavy (non-hydrogen) atoms. The van der Waals surface area contributed by atoms with Crippen LogP contribution in [0.5, 0.6) is 5.75 Å². The number of hydrogen-bond acceptors (Lipinski definition) is 4. The lowest BCUT2D eigenvalue weighted by molar-refractivity contribution is -0.00829. The number of aryl methyl sites for hydroxylation is 1. The Morgan fingerprint density at radius 2 is 1.97 bits per heavy atom. The van der Waals surface area contributed by atoms with Crippen molar-refractivity contribution in [3.8, 4) is 5.75 Å². The van der Waals surface area contributed by atoms with E-state index in [0.717, 1.165) is 19.0 Å². The molecule has 1 fully saturated rings. The largest absolute Gasteiger partial charge is 0.497 e. The van der Waals surface area contributed by atoms with Crippen molar-refractivity contribution < 1.29 is 14.3 Å². The van der Waals surface area contributed by atoms with Crippen LogP contribution in [0.4, 0.5) is 0 Å². The monoisotopic (exact) mass is 538 g/mol. The average molecular weight is 538 g/mol. The van der Waals surface area contributed by atoms with E-state index in [9.17, 15) is 4.79 Å². The summed E-state index contributed by atoms with van der Waals surface area (Å²) in [5.74, 6) is 1.35. The Morgan fingerprint density at radius 3 is 2.71 bits per heavy atom. The molecule has 0 radical (unpaired) electrons. The molecule has 1 unspecified atom stereocenters. The van der Waals surface area contributed by atoms with E-state index in [-0.39, 0.29) is 36.0 Å². The summed E-state index contributed by atoms with van der Waals surface area (Å²) in [6, 6.07) is 15.4. The summed E-state index contributed by atoms with van der Waals surface area (Å²) in [6.45, 7) is 5.33. The number of ether oxygens (including phenoxy) is 2. The first-order chi connectivity index (χ1) is 14.6. The van der Waals surface area contributed by atoms with Gasteiger partial charge in [0, 0.05) is 32.2 Å². The highest BCUT2D eigenvalue weighted by atomic mass is 127. The Balaban J connectivity index is 0.00000341. The fraction of sp³-hybridized carbons (Fsp3) is 0.391. The Hall–Kier alpha value is -2.33. The number of nitrogens with zero attached hydrogens (tertiary/aromatic N) is 2. The van der Waals surface area contributed by atoms with Crippen molar-refractivity contribution in [2.45, 2.75) is 13.0 Å². The molecule has 0 aromatic heterocycles. The molecule has 1 aliphatic rings. The van der Waals surface area contributed by atoms with E-state index in [0.29, 0.717) is 31.0 Å². The lowest BCUT2D eigenvalue weighted by atomic mass is 10.0. The van der Waals surface area contributed by atoms with Gasteiger partial charge in [0.2, 0.25) is 0 Å². The molecule has 1 heterocycles. The van der Waals surface area contributed by atoms with E-state index >= 15 is 0 Å². The molecule has 8 heteroatoms. The van der Waals surface area contributed by atoms with E-state index in [1.807, 2.05) is 18.2 Å². The Kier molecular flexibility index (Phi) is 10.1. The summed E-state index contributed by atoms with van der Waals surface area (Å²) in [4.78, 5) is 18.9. The minimum Gasteiger partial charge on any atom is -0.497 e. The van der Waals surface area contributed by atoms with Crippen LogP contribution >= 0.6 is 24.0 Å². The number of carbonyl (C=O) groups excluding carboxylic acids is 1. The van der Waals surface area contributed by atoms with Crippen LogP contribution in [-0.2, 0) is 4.74 Å². The Morgan fingerprint density at radius 1 is 1.19 bits per heavy atom. The van der Waals surface area contributed by atoms with Gasteiger partial charge in [-0.15, -0.1) is 24.0 Å². The molecule has 1 amide bonds. The van der Waals surface area contributed by atoms with Crippen molar-refractivity contribution in [1.29, 1.82) is 0 Å². The van der Waals surface area contributed by atoms with E-state index in [1.54, 1.807) is 32.4 Å². The number of nitrogens with one attached hydrogen (secondary N) is 2. The average Bonchev–Trinajstić information content (AvgIpc) is 2.79. The first-order valence-electron chi connectivity index (χ1n) is 10.2. The topological polar surface area (TPSA) is 75.2 Å². The molecular formula is C23H31IN4O3. The molecule has 2 N–H and O–H groups in total. The number of benzene rings is 2. The van der Waals surface area contributed by atoms with E-state index in [1.165, 1.54) is 11.1 Å². The van der Waals surface area contributed by atoms with Gasteiger partial charge in [0.1, 0.15) is 11.9 Å². The van der Waals surface area contributed by atoms with Gasteiger partial charge in [0.05, 0.1) is 20.3 Å². The summed E-state index contributed by atoms with van der Waals surface area (Å²) >= 11 is 0.